The number of nitrogens with one attached hydrogen (secondary N) is 1. The summed E-state index contributed by atoms with van der Waals surface area (Å²) >= 11 is 0. The molecule has 0 unspecified atom stereocenters. The van der Waals surface area contributed by atoms with Crippen molar-refractivity contribution in [2.24, 2.45) is 0 Å². The highest BCUT2D eigenvalue weighted by atomic mass is 19.4. The number of hydrogen-bond donors (Lipinski definition) is 1. The molecule has 2 aromatic carbocycles. The quantitative estimate of drug-likeness (QED) is 0.562. The van der Waals surface area contributed by atoms with E-state index in [9.17, 15) is 18.0 Å². The summed E-state index contributed by atoms with van der Waals surface area (Å²) in [5, 5.41) is 7.93. The molecule has 2 aromatic heterocycles. The number of alkyl halides is 3. The number of fused-ring (bicyclic) bond motifs is 3. The molecule has 148 valence electrons. The second kappa shape index (κ2) is 7.08. The molecule has 1 amide bonds. The molecule has 0 saturated carbocycles. The van der Waals surface area contributed by atoms with Gasteiger partial charge in [0.1, 0.15) is 11.6 Å². The van der Waals surface area contributed by atoms with Crippen molar-refractivity contribution >= 4 is 22.3 Å². The van der Waals surface area contributed by atoms with Crippen LogP contribution in [0.4, 0.5) is 13.2 Å². The van der Waals surface area contributed by atoms with Crippen LogP contribution in [0.2, 0.25) is 0 Å². The Morgan fingerprint density at radius 2 is 1.86 bits per heavy atom. The predicted octanol–water partition coefficient (Wildman–Crippen LogP) is 4.02. The molecule has 4 aromatic rings. The van der Waals surface area contributed by atoms with Crippen LogP contribution in [0, 0.1) is 6.92 Å². The minimum absolute atomic E-state index is 0.0363. The first-order valence-corrected chi connectivity index (χ1v) is 8.69. The van der Waals surface area contributed by atoms with Gasteiger partial charge in [0.05, 0.1) is 28.8 Å². The lowest BCUT2D eigenvalue weighted by molar-refractivity contribution is -0.274. The van der Waals surface area contributed by atoms with E-state index < -0.39 is 18.0 Å². The number of aromatic nitrogens is 3. The van der Waals surface area contributed by atoms with E-state index in [4.69, 9.17) is 0 Å². The molecule has 0 saturated heterocycles. The highest BCUT2D eigenvalue weighted by molar-refractivity contribution is 5.97. The second-order valence-corrected chi connectivity index (χ2v) is 6.34. The monoisotopic (exact) mass is 400 g/mol. The van der Waals surface area contributed by atoms with Crippen molar-refractivity contribution in [2.75, 3.05) is 0 Å². The molecule has 9 heteroatoms. The Labute approximate surface area is 162 Å². The van der Waals surface area contributed by atoms with Gasteiger partial charge in [-0.25, -0.2) is 9.50 Å². The van der Waals surface area contributed by atoms with E-state index in [2.05, 4.69) is 20.1 Å². The van der Waals surface area contributed by atoms with E-state index >= 15 is 0 Å². The van der Waals surface area contributed by atoms with Gasteiger partial charge in [-0.05, 0) is 31.2 Å². The van der Waals surface area contributed by atoms with Crippen LogP contribution >= 0.6 is 0 Å². The number of nitrogens with zero attached hydrogens (tertiary/aromatic N) is 3. The molecule has 0 spiro atoms. The lowest BCUT2D eigenvalue weighted by atomic mass is 10.2. The van der Waals surface area contributed by atoms with Crippen LogP contribution in [0.5, 0.6) is 5.75 Å². The molecule has 0 radical (unpaired) electrons. The first kappa shape index (κ1) is 18.7. The lowest BCUT2D eigenvalue weighted by Gasteiger charge is -2.12. The largest absolute Gasteiger partial charge is 0.573 e. The maximum Gasteiger partial charge on any atom is 0.573 e. The Kier molecular flexibility index (Phi) is 4.57. The third-order valence-electron chi connectivity index (χ3n) is 4.32. The zero-order valence-corrected chi connectivity index (χ0v) is 15.2. The molecule has 0 aliphatic carbocycles. The van der Waals surface area contributed by atoms with E-state index in [1.165, 1.54) is 18.2 Å². The summed E-state index contributed by atoms with van der Waals surface area (Å²) in [6.07, 6.45) is -4.89. The number of amides is 1. The normalized spacial score (nSPS) is 11.7. The lowest BCUT2D eigenvalue weighted by Crippen LogP contribution is -2.25. The van der Waals surface area contributed by atoms with Gasteiger partial charge >= 0.3 is 6.36 Å². The van der Waals surface area contributed by atoms with Crippen LogP contribution in [-0.2, 0) is 6.54 Å². The van der Waals surface area contributed by atoms with Gasteiger partial charge in [-0.1, -0.05) is 30.3 Å². The minimum Gasteiger partial charge on any atom is -0.405 e. The molecule has 0 aliphatic rings. The number of carbonyl (C=O) groups is 1. The fourth-order valence-electron chi connectivity index (χ4n) is 3.10. The van der Waals surface area contributed by atoms with Crippen molar-refractivity contribution in [1.29, 1.82) is 0 Å². The Balaban J connectivity index is 1.58. The highest BCUT2D eigenvalue weighted by Gasteiger charge is 2.32. The van der Waals surface area contributed by atoms with Gasteiger partial charge in [0.25, 0.3) is 5.91 Å². The molecule has 0 fully saturated rings. The summed E-state index contributed by atoms with van der Waals surface area (Å²) in [6.45, 7) is 1.86. The highest BCUT2D eigenvalue weighted by Crippen LogP contribution is 2.26. The summed E-state index contributed by atoms with van der Waals surface area (Å²) in [7, 11) is 0. The molecule has 29 heavy (non-hydrogen) atoms. The van der Waals surface area contributed by atoms with Crippen molar-refractivity contribution in [3.05, 3.63) is 71.7 Å². The number of carbonyl (C=O) groups excluding carboxylic acids is 1. The fourth-order valence-corrected chi connectivity index (χ4v) is 3.10. The number of rotatable bonds is 4. The smallest absolute Gasteiger partial charge is 0.405 e. The van der Waals surface area contributed by atoms with Crippen molar-refractivity contribution in [3.63, 3.8) is 0 Å². The summed E-state index contributed by atoms with van der Waals surface area (Å²) in [5.41, 5.74) is 2.00. The molecule has 4 rings (SSSR count). The summed E-state index contributed by atoms with van der Waals surface area (Å²) < 4.78 is 43.2. The average molecular weight is 400 g/mol. The molecular formula is C20H15F3N4O2. The van der Waals surface area contributed by atoms with Gasteiger partial charge in [0.15, 0.2) is 0 Å². The molecule has 6 nitrogen and oxygen atoms in total. The Bertz CT molecular complexity index is 1220. The van der Waals surface area contributed by atoms with Gasteiger partial charge in [0.2, 0.25) is 0 Å². The third-order valence-corrected chi connectivity index (χ3v) is 4.32. The first-order chi connectivity index (χ1) is 13.8. The molecule has 0 aliphatic heterocycles. The van der Waals surface area contributed by atoms with Gasteiger partial charge in [0, 0.05) is 5.39 Å². The fraction of sp³-hybridized carbons (Fsp3) is 0.150. The maximum absolute atomic E-state index is 12.5. The molecule has 0 bridgehead atoms. The number of ether oxygens (including phenoxy) is 1. The second-order valence-electron chi connectivity index (χ2n) is 6.34. The zero-order chi connectivity index (χ0) is 20.6. The van der Waals surface area contributed by atoms with Gasteiger partial charge in [-0.15, -0.1) is 13.2 Å². The van der Waals surface area contributed by atoms with Gasteiger partial charge < -0.3 is 10.1 Å². The number of halogens is 3. The van der Waals surface area contributed by atoms with E-state index in [-0.39, 0.29) is 12.1 Å². The van der Waals surface area contributed by atoms with E-state index in [0.29, 0.717) is 11.5 Å². The zero-order valence-electron chi connectivity index (χ0n) is 15.2. The predicted molar refractivity (Wildman–Crippen MR) is 99.5 cm³/mol. The third kappa shape index (κ3) is 3.84. The average Bonchev–Trinajstić information content (AvgIpc) is 3.11. The standard InChI is InChI=1S/C20H15F3N4O2/c1-12-25-16-8-4-2-6-14(16)17-10-13(26-27(12)17)11-24-19(28)15-7-3-5-9-18(15)29-20(21,22)23/h2-10H,11H2,1H3,(H,24,28). The van der Waals surface area contributed by atoms with Crippen molar-refractivity contribution in [3.8, 4) is 5.75 Å². The SMILES string of the molecule is Cc1nc2ccccc2c2cc(CNC(=O)c3ccccc3OC(F)(F)F)nn12. The van der Waals surface area contributed by atoms with Crippen LogP contribution in [0.1, 0.15) is 21.9 Å². The molecular weight excluding hydrogens is 385 g/mol. The summed E-state index contributed by atoms with van der Waals surface area (Å²) in [4.78, 5) is 16.9. The number of benzene rings is 2. The van der Waals surface area contributed by atoms with Crippen molar-refractivity contribution in [1.82, 2.24) is 19.9 Å². The van der Waals surface area contributed by atoms with Crippen LogP contribution in [0.15, 0.2) is 54.6 Å². The Morgan fingerprint density at radius 1 is 1.14 bits per heavy atom. The summed E-state index contributed by atoms with van der Waals surface area (Å²) in [6, 6.07) is 14.6. The van der Waals surface area contributed by atoms with Crippen LogP contribution in [0.25, 0.3) is 16.4 Å². The molecule has 0 atom stereocenters. The van der Waals surface area contributed by atoms with E-state index in [0.717, 1.165) is 22.5 Å². The topological polar surface area (TPSA) is 68.5 Å². The molecule has 2 heterocycles. The first-order valence-electron chi connectivity index (χ1n) is 8.69. The van der Waals surface area contributed by atoms with Gasteiger partial charge in [-0.2, -0.15) is 5.10 Å². The van der Waals surface area contributed by atoms with E-state index in [1.54, 1.807) is 4.52 Å². The van der Waals surface area contributed by atoms with Crippen LogP contribution in [0.3, 0.4) is 0 Å². The maximum atomic E-state index is 12.5. The summed E-state index contributed by atoms with van der Waals surface area (Å²) in [5.74, 6) is -0.569. The van der Waals surface area contributed by atoms with E-state index in [1.807, 2.05) is 37.3 Å². The van der Waals surface area contributed by atoms with Crippen molar-refractivity contribution < 1.29 is 22.7 Å². The number of hydrogen-bond acceptors (Lipinski definition) is 4. The minimum atomic E-state index is -4.89. The number of aryl methyl sites for hydroxylation is 1. The number of para-hydroxylation sites is 2. The van der Waals surface area contributed by atoms with Crippen molar-refractivity contribution in [2.45, 2.75) is 19.8 Å². The van der Waals surface area contributed by atoms with Crippen LogP contribution < -0.4 is 10.1 Å². The van der Waals surface area contributed by atoms with Gasteiger partial charge in [-0.3, -0.25) is 4.79 Å². The van der Waals surface area contributed by atoms with Crippen LogP contribution in [-0.4, -0.2) is 26.9 Å². The Morgan fingerprint density at radius 3 is 2.66 bits per heavy atom. The molecule has 1 N–H and O–H groups in total. The Hall–Kier alpha value is -3.62.